The lowest BCUT2D eigenvalue weighted by Crippen LogP contribution is -2.55. The molecule has 2 atom stereocenters. The van der Waals surface area contributed by atoms with Crippen molar-refractivity contribution < 1.29 is 4.79 Å². The van der Waals surface area contributed by atoms with Gasteiger partial charge in [0.25, 0.3) is 0 Å². The number of rotatable bonds is 8. The van der Waals surface area contributed by atoms with Crippen molar-refractivity contribution in [1.82, 2.24) is 25.5 Å². The Morgan fingerprint density at radius 1 is 1.00 bits per heavy atom. The van der Waals surface area contributed by atoms with Crippen LogP contribution in [-0.2, 0) is 4.79 Å². The van der Waals surface area contributed by atoms with E-state index in [4.69, 9.17) is 4.98 Å². The number of likely N-dealkylation sites (tertiary alicyclic amines) is 1. The Kier molecular flexibility index (Phi) is 16.9. The van der Waals surface area contributed by atoms with Gasteiger partial charge in [0.05, 0.1) is 0 Å². The number of hydrogen-bond acceptors (Lipinski definition) is 7. The molecule has 0 radical (unpaired) electrons. The summed E-state index contributed by atoms with van der Waals surface area (Å²) in [5.41, 5.74) is 0. The van der Waals surface area contributed by atoms with Crippen LogP contribution in [0.15, 0.2) is 12.3 Å². The first kappa shape index (κ1) is 35.0. The maximum absolute atomic E-state index is 12.7. The fourth-order valence-corrected chi connectivity index (χ4v) is 6.07. The zero-order valence-corrected chi connectivity index (χ0v) is 25.6. The average molecular weight is 595 g/mol. The second kappa shape index (κ2) is 18.3. The number of amides is 1. The highest BCUT2D eigenvalue weighted by atomic mass is 35.5. The number of piperidine rings is 2. The number of nitrogens with zero attached hydrogens (tertiary/aromatic N) is 4. The zero-order chi connectivity index (χ0) is 24.5. The van der Waals surface area contributed by atoms with E-state index in [1.165, 1.54) is 38.5 Å². The molecule has 0 spiro atoms. The van der Waals surface area contributed by atoms with Crippen molar-refractivity contribution in [2.75, 3.05) is 49.5 Å². The molecule has 3 aliphatic rings. The van der Waals surface area contributed by atoms with Gasteiger partial charge in [0.15, 0.2) is 0 Å². The van der Waals surface area contributed by atoms with Crippen molar-refractivity contribution in [1.29, 1.82) is 0 Å². The molecule has 0 aliphatic carbocycles. The largest absolute Gasteiger partial charge is 0.356 e. The molecular weight excluding hydrogens is 545 g/mol. The average Bonchev–Trinajstić information content (AvgIpc) is 2.85. The number of halogens is 3. The third-order valence-corrected chi connectivity index (χ3v) is 8.07. The minimum Gasteiger partial charge on any atom is -0.356 e. The van der Waals surface area contributed by atoms with Crippen molar-refractivity contribution in [2.45, 2.75) is 96.2 Å². The highest BCUT2D eigenvalue weighted by Gasteiger charge is 2.33. The van der Waals surface area contributed by atoms with E-state index in [2.05, 4.69) is 50.6 Å². The van der Waals surface area contributed by atoms with E-state index < -0.39 is 0 Å². The first-order chi connectivity index (χ1) is 17.1. The SMILES string of the molecule is CC(C)N1CCC[C@H](Nc2nccc(N3CCCCCCC3)n2)[C@H]1CCNC(=O)C1CCNCC1.Cl.Cl.Cl. The van der Waals surface area contributed by atoms with Crippen molar-refractivity contribution >= 4 is 54.9 Å². The van der Waals surface area contributed by atoms with Crippen LogP contribution < -0.4 is 20.9 Å². The van der Waals surface area contributed by atoms with E-state index in [0.29, 0.717) is 12.1 Å². The van der Waals surface area contributed by atoms with Gasteiger partial charge in [0.1, 0.15) is 5.82 Å². The summed E-state index contributed by atoms with van der Waals surface area (Å²) in [4.78, 5) is 27.2. The molecule has 1 aromatic heterocycles. The first-order valence-corrected chi connectivity index (χ1v) is 14.2. The van der Waals surface area contributed by atoms with Gasteiger partial charge in [-0.2, -0.15) is 4.98 Å². The number of nitrogens with one attached hydrogen (secondary N) is 3. The van der Waals surface area contributed by atoms with Crippen LogP contribution in [0.5, 0.6) is 0 Å². The molecule has 1 amide bonds. The molecule has 11 heteroatoms. The van der Waals surface area contributed by atoms with Crippen LogP contribution in [0, 0.1) is 5.92 Å². The summed E-state index contributed by atoms with van der Waals surface area (Å²) in [6, 6.07) is 3.16. The third kappa shape index (κ3) is 10.2. The van der Waals surface area contributed by atoms with Crippen LogP contribution >= 0.6 is 37.2 Å². The smallest absolute Gasteiger partial charge is 0.224 e. The second-order valence-corrected chi connectivity index (χ2v) is 10.9. The molecule has 4 rings (SSSR count). The molecule has 0 aromatic carbocycles. The summed E-state index contributed by atoms with van der Waals surface area (Å²) >= 11 is 0. The lowest BCUT2D eigenvalue weighted by atomic mass is 9.92. The lowest BCUT2D eigenvalue weighted by molar-refractivity contribution is -0.125. The summed E-state index contributed by atoms with van der Waals surface area (Å²) in [6.07, 6.45) is 13.5. The van der Waals surface area contributed by atoms with Gasteiger partial charge in [0, 0.05) is 49.9 Å². The van der Waals surface area contributed by atoms with E-state index in [1.54, 1.807) is 0 Å². The highest BCUT2D eigenvalue weighted by molar-refractivity contribution is 5.86. The lowest BCUT2D eigenvalue weighted by Gasteiger charge is -2.44. The highest BCUT2D eigenvalue weighted by Crippen LogP contribution is 2.26. The van der Waals surface area contributed by atoms with Gasteiger partial charge < -0.3 is 20.9 Å². The Bertz CT molecular complexity index is 790. The molecule has 38 heavy (non-hydrogen) atoms. The molecule has 3 aliphatic heterocycles. The van der Waals surface area contributed by atoms with E-state index in [1.807, 2.05) is 6.20 Å². The number of aromatic nitrogens is 2. The molecule has 0 unspecified atom stereocenters. The van der Waals surface area contributed by atoms with Gasteiger partial charge in [-0.25, -0.2) is 4.98 Å². The molecule has 4 heterocycles. The predicted octanol–water partition coefficient (Wildman–Crippen LogP) is 4.67. The van der Waals surface area contributed by atoms with Gasteiger partial charge >= 0.3 is 0 Å². The molecular formula is C27H50Cl3N7O. The Morgan fingerprint density at radius 3 is 2.37 bits per heavy atom. The number of anilines is 2. The Morgan fingerprint density at radius 2 is 1.68 bits per heavy atom. The topological polar surface area (TPSA) is 85.4 Å². The second-order valence-electron chi connectivity index (χ2n) is 10.9. The van der Waals surface area contributed by atoms with Crippen molar-refractivity contribution in [2.24, 2.45) is 5.92 Å². The van der Waals surface area contributed by atoms with Crippen LogP contribution in [0.4, 0.5) is 11.8 Å². The fourth-order valence-electron chi connectivity index (χ4n) is 6.07. The van der Waals surface area contributed by atoms with E-state index in [-0.39, 0.29) is 55.1 Å². The molecule has 220 valence electrons. The Labute approximate surface area is 248 Å². The monoisotopic (exact) mass is 593 g/mol. The summed E-state index contributed by atoms with van der Waals surface area (Å²) in [5.74, 6) is 2.18. The molecule has 3 fully saturated rings. The van der Waals surface area contributed by atoms with Crippen LogP contribution in [0.1, 0.15) is 78.1 Å². The van der Waals surface area contributed by atoms with Crippen LogP contribution in [0.2, 0.25) is 0 Å². The molecule has 0 bridgehead atoms. The molecule has 8 nitrogen and oxygen atoms in total. The van der Waals surface area contributed by atoms with Gasteiger partial charge in [-0.1, -0.05) is 19.3 Å². The summed E-state index contributed by atoms with van der Waals surface area (Å²) in [5, 5.41) is 10.3. The minimum atomic E-state index is 0. The molecule has 0 saturated carbocycles. The van der Waals surface area contributed by atoms with Gasteiger partial charge in [-0.15, -0.1) is 37.2 Å². The normalized spacial score (nSPS) is 23.2. The van der Waals surface area contributed by atoms with Gasteiger partial charge in [-0.05, 0) is 84.5 Å². The Hall–Kier alpha value is -1.06. The van der Waals surface area contributed by atoms with E-state index in [0.717, 1.165) is 76.7 Å². The van der Waals surface area contributed by atoms with Gasteiger partial charge in [0.2, 0.25) is 11.9 Å². The van der Waals surface area contributed by atoms with Crippen LogP contribution in [0.3, 0.4) is 0 Å². The number of carbonyl (C=O) groups is 1. The van der Waals surface area contributed by atoms with E-state index in [9.17, 15) is 4.79 Å². The third-order valence-electron chi connectivity index (χ3n) is 8.07. The zero-order valence-electron chi connectivity index (χ0n) is 23.2. The maximum atomic E-state index is 12.7. The van der Waals surface area contributed by atoms with Crippen LogP contribution in [0.25, 0.3) is 0 Å². The summed E-state index contributed by atoms with van der Waals surface area (Å²) in [7, 11) is 0. The number of hydrogen-bond donors (Lipinski definition) is 3. The molecule has 3 N–H and O–H groups in total. The Balaban J connectivity index is 0.00000241. The fraction of sp³-hybridized carbons (Fsp3) is 0.815. The molecule has 1 aromatic rings. The maximum Gasteiger partial charge on any atom is 0.224 e. The van der Waals surface area contributed by atoms with Crippen molar-refractivity contribution in [3.05, 3.63) is 12.3 Å². The van der Waals surface area contributed by atoms with E-state index >= 15 is 0 Å². The standard InChI is InChI=1S/C27H47N7O.3ClH/c1-21(2)34-20-8-9-23(24(34)12-16-29-26(35)22-10-14-28-15-11-22)31-27-30-17-13-25(32-27)33-18-6-4-3-5-7-19-33;;;/h13,17,21-24,28H,3-12,14-16,18-20H2,1-2H3,(H,29,35)(H,30,31,32);3*1H/t23-,24+;;;/m0.../s1. The van der Waals surface area contributed by atoms with Crippen molar-refractivity contribution in [3.8, 4) is 0 Å². The number of carbonyl (C=O) groups excluding carboxylic acids is 1. The first-order valence-electron chi connectivity index (χ1n) is 14.2. The van der Waals surface area contributed by atoms with Crippen LogP contribution in [-0.4, -0.2) is 78.2 Å². The van der Waals surface area contributed by atoms with Crippen molar-refractivity contribution in [3.63, 3.8) is 0 Å². The summed E-state index contributed by atoms with van der Waals surface area (Å²) < 4.78 is 0. The quantitative estimate of drug-likeness (QED) is 0.403. The predicted molar refractivity (Wildman–Crippen MR) is 165 cm³/mol. The van der Waals surface area contributed by atoms with Gasteiger partial charge in [-0.3, -0.25) is 9.69 Å². The molecule has 3 saturated heterocycles. The summed E-state index contributed by atoms with van der Waals surface area (Å²) in [6.45, 7) is 10.5. The minimum absolute atomic E-state index is 0.